The van der Waals surface area contributed by atoms with Gasteiger partial charge in [0.15, 0.2) is 0 Å². The average Bonchev–Trinajstić information content (AvgIpc) is 2.36. The van der Waals surface area contributed by atoms with E-state index >= 15 is 0 Å². The Balaban J connectivity index is 2.64. The fourth-order valence-corrected chi connectivity index (χ4v) is 2.67. The number of halogens is 1. The van der Waals surface area contributed by atoms with E-state index in [-0.39, 0.29) is 5.54 Å². The molecule has 0 heterocycles. The molecule has 1 rings (SSSR count). The second-order valence-corrected chi connectivity index (χ2v) is 7.43. The highest BCUT2D eigenvalue weighted by Crippen LogP contribution is 2.19. The van der Waals surface area contributed by atoms with E-state index < -0.39 is 0 Å². The predicted molar refractivity (Wildman–Crippen MR) is 92.1 cm³/mol. The van der Waals surface area contributed by atoms with Gasteiger partial charge in [-0.3, -0.25) is 4.90 Å². The molecule has 0 aliphatic heterocycles. The molecule has 0 aromatic heterocycles. The first-order chi connectivity index (χ1) is 9.33. The fraction of sp³-hybridized carbons (Fsp3) is 0.647. The second-order valence-electron chi connectivity index (χ2n) is 6.58. The molecule has 0 spiro atoms. The fourth-order valence-electron chi connectivity index (χ4n) is 2.26. The Labute approximate surface area is 133 Å². The molecule has 1 atom stereocenters. The molecule has 0 radical (unpaired) electrons. The largest absolute Gasteiger partial charge is 0.311 e. The van der Waals surface area contributed by atoms with Crippen LogP contribution in [0.1, 0.15) is 46.1 Å². The van der Waals surface area contributed by atoms with Crippen molar-refractivity contribution in [2.45, 2.75) is 58.7 Å². The molecule has 2 nitrogen and oxygen atoms in total. The van der Waals surface area contributed by atoms with Crippen LogP contribution in [0.3, 0.4) is 0 Å². The molecule has 1 aromatic rings. The molecule has 114 valence electrons. The van der Waals surface area contributed by atoms with Gasteiger partial charge in [-0.15, -0.1) is 0 Å². The molecular weight excluding hydrogens is 312 g/mol. The SMILES string of the molecule is CCCC(CNC(C)(C)C)N(C)Cc1ccccc1Br. The zero-order chi connectivity index (χ0) is 15.2. The summed E-state index contributed by atoms with van der Waals surface area (Å²) in [5.74, 6) is 0. The van der Waals surface area contributed by atoms with E-state index in [1.807, 2.05) is 0 Å². The van der Waals surface area contributed by atoms with Crippen LogP contribution >= 0.6 is 15.9 Å². The number of rotatable bonds is 7. The molecule has 0 amide bonds. The Morgan fingerprint density at radius 2 is 1.90 bits per heavy atom. The number of nitrogens with one attached hydrogen (secondary N) is 1. The third kappa shape index (κ3) is 6.38. The van der Waals surface area contributed by atoms with E-state index in [0.717, 1.165) is 13.1 Å². The summed E-state index contributed by atoms with van der Waals surface area (Å²) in [5.41, 5.74) is 1.53. The maximum absolute atomic E-state index is 3.64. The van der Waals surface area contributed by atoms with Gasteiger partial charge in [0, 0.05) is 29.1 Å². The second kappa shape index (κ2) is 8.16. The zero-order valence-electron chi connectivity index (χ0n) is 13.5. The molecule has 0 saturated carbocycles. The minimum absolute atomic E-state index is 0.181. The Morgan fingerprint density at radius 3 is 2.45 bits per heavy atom. The van der Waals surface area contributed by atoms with Crippen molar-refractivity contribution in [1.82, 2.24) is 10.2 Å². The molecule has 1 aromatic carbocycles. The highest BCUT2D eigenvalue weighted by Gasteiger charge is 2.18. The van der Waals surface area contributed by atoms with Crippen LogP contribution in [0.5, 0.6) is 0 Å². The summed E-state index contributed by atoms with van der Waals surface area (Å²) in [6.45, 7) is 11.0. The van der Waals surface area contributed by atoms with Crippen molar-refractivity contribution in [3.8, 4) is 0 Å². The Bertz CT molecular complexity index is 398. The van der Waals surface area contributed by atoms with Gasteiger partial charge in [0.2, 0.25) is 0 Å². The molecule has 1 N–H and O–H groups in total. The van der Waals surface area contributed by atoms with Crippen LogP contribution in [0, 0.1) is 0 Å². The first-order valence-electron chi connectivity index (χ1n) is 7.52. The summed E-state index contributed by atoms with van der Waals surface area (Å²) in [6, 6.07) is 9.06. The number of benzene rings is 1. The lowest BCUT2D eigenvalue weighted by Crippen LogP contribution is -2.46. The van der Waals surface area contributed by atoms with Crippen molar-refractivity contribution in [3.63, 3.8) is 0 Å². The maximum Gasteiger partial charge on any atom is 0.0245 e. The first-order valence-corrected chi connectivity index (χ1v) is 8.31. The maximum atomic E-state index is 3.64. The topological polar surface area (TPSA) is 15.3 Å². The minimum atomic E-state index is 0.181. The molecule has 0 aliphatic rings. The van der Waals surface area contributed by atoms with E-state index in [4.69, 9.17) is 0 Å². The van der Waals surface area contributed by atoms with Gasteiger partial charge in [-0.25, -0.2) is 0 Å². The summed E-state index contributed by atoms with van der Waals surface area (Å²) in [7, 11) is 2.23. The molecule has 1 unspecified atom stereocenters. The molecule has 20 heavy (non-hydrogen) atoms. The lowest BCUT2D eigenvalue weighted by molar-refractivity contribution is 0.202. The third-order valence-corrected chi connectivity index (χ3v) is 4.26. The summed E-state index contributed by atoms with van der Waals surface area (Å²) in [5, 5.41) is 3.63. The summed E-state index contributed by atoms with van der Waals surface area (Å²) < 4.78 is 1.20. The molecule has 0 aliphatic carbocycles. The Kier molecular flexibility index (Phi) is 7.21. The van der Waals surface area contributed by atoms with Crippen LogP contribution in [0.25, 0.3) is 0 Å². The molecule has 0 fully saturated rings. The van der Waals surface area contributed by atoms with Gasteiger partial charge >= 0.3 is 0 Å². The highest BCUT2D eigenvalue weighted by atomic mass is 79.9. The standard InChI is InChI=1S/C17H29BrN2/c1-6-9-15(12-19-17(2,3)4)20(5)13-14-10-7-8-11-16(14)18/h7-8,10-11,15,19H,6,9,12-13H2,1-5H3. The van der Waals surface area contributed by atoms with E-state index in [0.29, 0.717) is 6.04 Å². The Hall–Kier alpha value is -0.380. The van der Waals surface area contributed by atoms with Crippen LogP contribution in [-0.2, 0) is 6.54 Å². The van der Waals surface area contributed by atoms with Crippen molar-refractivity contribution in [2.24, 2.45) is 0 Å². The van der Waals surface area contributed by atoms with Crippen molar-refractivity contribution < 1.29 is 0 Å². The third-order valence-electron chi connectivity index (χ3n) is 3.49. The molecular formula is C17H29BrN2. The van der Waals surface area contributed by atoms with Gasteiger partial charge in [0.25, 0.3) is 0 Å². The Morgan fingerprint density at radius 1 is 1.25 bits per heavy atom. The summed E-state index contributed by atoms with van der Waals surface area (Å²) >= 11 is 3.64. The van der Waals surface area contributed by atoms with Gasteiger partial charge < -0.3 is 5.32 Å². The van der Waals surface area contributed by atoms with Crippen LogP contribution in [-0.4, -0.2) is 30.1 Å². The van der Waals surface area contributed by atoms with E-state index in [1.54, 1.807) is 0 Å². The van der Waals surface area contributed by atoms with Crippen LogP contribution < -0.4 is 5.32 Å². The van der Waals surface area contributed by atoms with E-state index in [2.05, 4.69) is 85.2 Å². The smallest absolute Gasteiger partial charge is 0.0245 e. The highest BCUT2D eigenvalue weighted by molar-refractivity contribution is 9.10. The van der Waals surface area contributed by atoms with Gasteiger partial charge in [0.1, 0.15) is 0 Å². The number of nitrogens with zero attached hydrogens (tertiary/aromatic N) is 1. The van der Waals surface area contributed by atoms with Crippen molar-refractivity contribution in [1.29, 1.82) is 0 Å². The summed E-state index contributed by atoms with van der Waals surface area (Å²) in [6.07, 6.45) is 2.45. The molecule has 0 bridgehead atoms. The van der Waals surface area contributed by atoms with Crippen LogP contribution in [0.4, 0.5) is 0 Å². The van der Waals surface area contributed by atoms with Gasteiger partial charge in [-0.2, -0.15) is 0 Å². The quantitative estimate of drug-likeness (QED) is 0.789. The van der Waals surface area contributed by atoms with Gasteiger partial charge in [0.05, 0.1) is 0 Å². The molecule has 3 heteroatoms. The molecule has 0 saturated heterocycles. The van der Waals surface area contributed by atoms with Crippen molar-refractivity contribution in [2.75, 3.05) is 13.6 Å². The van der Waals surface area contributed by atoms with E-state index in [9.17, 15) is 0 Å². The van der Waals surface area contributed by atoms with Crippen LogP contribution in [0.2, 0.25) is 0 Å². The first kappa shape index (κ1) is 17.7. The van der Waals surface area contributed by atoms with Crippen molar-refractivity contribution >= 4 is 15.9 Å². The van der Waals surface area contributed by atoms with Gasteiger partial charge in [-0.05, 0) is 45.9 Å². The number of hydrogen-bond acceptors (Lipinski definition) is 2. The van der Waals surface area contributed by atoms with Gasteiger partial charge in [-0.1, -0.05) is 47.5 Å². The zero-order valence-corrected chi connectivity index (χ0v) is 15.1. The average molecular weight is 341 g/mol. The van der Waals surface area contributed by atoms with E-state index in [1.165, 1.54) is 22.9 Å². The number of likely N-dealkylation sites (N-methyl/N-ethyl adjacent to an activating group) is 1. The minimum Gasteiger partial charge on any atom is -0.311 e. The number of hydrogen-bond donors (Lipinski definition) is 1. The normalized spacial score (nSPS) is 13.8. The van der Waals surface area contributed by atoms with Crippen molar-refractivity contribution in [3.05, 3.63) is 34.3 Å². The summed E-state index contributed by atoms with van der Waals surface area (Å²) in [4.78, 5) is 2.46. The van der Waals surface area contributed by atoms with Crippen LogP contribution in [0.15, 0.2) is 28.7 Å². The lowest BCUT2D eigenvalue weighted by atomic mass is 10.1. The lowest BCUT2D eigenvalue weighted by Gasteiger charge is -2.32. The monoisotopic (exact) mass is 340 g/mol. The predicted octanol–water partition coefficient (Wildman–Crippen LogP) is 4.44.